The van der Waals surface area contributed by atoms with E-state index in [4.69, 9.17) is 0 Å². The molecule has 17 heavy (non-hydrogen) atoms. The predicted molar refractivity (Wildman–Crippen MR) is 47.6 cm³/mol. The minimum Gasteiger partial charge on any atom is -0.368 e. The first-order valence-electron chi connectivity index (χ1n) is 4.15. The van der Waals surface area contributed by atoms with Crippen molar-refractivity contribution in [3.8, 4) is 0 Å². The molecule has 0 radical (unpaired) electrons. The number of hydrogen-bond acceptors (Lipinski definition) is 3. The topological polar surface area (TPSA) is 55.2 Å². The van der Waals surface area contributed by atoms with Gasteiger partial charge in [-0.3, -0.25) is 10.1 Å². The zero-order valence-electron chi connectivity index (χ0n) is 8.02. The summed E-state index contributed by atoms with van der Waals surface area (Å²) in [6, 6.07) is 1.04. The van der Waals surface area contributed by atoms with Crippen LogP contribution in [0.3, 0.4) is 0 Å². The van der Waals surface area contributed by atoms with Crippen molar-refractivity contribution in [1.82, 2.24) is 0 Å². The summed E-state index contributed by atoms with van der Waals surface area (Å²) in [5.74, 6) is -3.19. The third-order valence-corrected chi connectivity index (χ3v) is 1.74. The minimum absolute atomic E-state index is 0.465. The van der Waals surface area contributed by atoms with Crippen LogP contribution in [-0.2, 0) is 0 Å². The summed E-state index contributed by atoms with van der Waals surface area (Å²) in [6.45, 7) is -1.70. The van der Waals surface area contributed by atoms with E-state index in [1.807, 2.05) is 0 Å². The van der Waals surface area contributed by atoms with Gasteiger partial charge in [-0.15, -0.1) is 0 Å². The molecule has 0 fully saturated rings. The summed E-state index contributed by atoms with van der Waals surface area (Å²) in [6.07, 6.45) is -4.70. The molecule has 0 aromatic heterocycles. The first-order valence-corrected chi connectivity index (χ1v) is 4.15. The Labute approximate surface area is 91.2 Å². The number of halogens is 5. The fraction of sp³-hybridized carbons (Fsp3) is 0.250. The first-order chi connectivity index (χ1) is 7.72. The fourth-order valence-corrected chi connectivity index (χ4v) is 1.05. The molecule has 0 heterocycles. The molecule has 0 aliphatic rings. The highest BCUT2D eigenvalue weighted by Crippen LogP contribution is 2.30. The van der Waals surface area contributed by atoms with Crippen LogP contribution < -0.4 is 5.32 Å². The lowest BCUT2D eigenvalue weighted by Gasteiger charge is -2.10. The van der Waals surface area contributed by atoms with Crippen LogP contribution in [0.2, 0.25) is 0 Å². The zero-order valence-corrected chi connectivity index (χ0v) is 8.02. The SMILES string of the molecule is O=[N+]([O-])c1ccc(F)c(F)c1NCC(F)(F)F. The van der Waals surface area contributed by atoms with Crippen LogP contribution >= 0.6 is 0 Å². The van der Waals surface area contributed by atoms with Crippen LogP contribution in [0.4, 0.5) is 33.3 Å². The van der Waals surface area contributed by atoms with Gasteiger partial charge < -0.3 is 5.32 Å². The van der Waals surface area contributed by atoms with Gasteiger partial charge in [0.25, 0.3) is 5.69 Å². The molecule has 1 rings (SSSR count). The number of benzene rings is 1. The second-order valence-electron chi connectivity index (χ2n) is 2.98. The molecule has 0 bridgehead atoms. The average Bonchev–Trinajstić information content (AvgIpc) is 2.18. The van der Waals surface area contributed by atoms with Gasteiger partial charge in [-0.25, -0.2) is 8.78 Å². The quantitative estimate of drug-likeness (QED) is 0.514. The minimum atomic E-state index is -4.70. The van der Waals surface area contributed by atoms with Gasteiger partial charge >= 0.3 is 6.18 Å². The predicted octanol–water partition coefficient (Wildman–Crippen LogP) is 2.85. The van der Waals surface area contributed by atoms with Crippen molar-refractivity contribution < 1.29 is 26.9 Å². The standard InChI is InChI=1S/C8H5F5N2O2/c9-4-1-2-5(15(16)17)7(6(4)10)14-3-8(11,12)13/h1-2,14H,3H2. The van der Waals surface area contributed by atoms with E-state index in [0.717, 1.165) is 0 Å². The Hall–Kier alpha value is -1.93. The lowest BCUT2D eigenvalue weighted by Crippen LogP contribution is -2.22. The van der Waals surface area contributed by atoms with E-state index in [0.29, 0.717) is 12.1 Å². The lowest BCUT2D eigenvalue weighted by molar-refractivity contribution is -0.384. The molecule has 0 atom stereocenters. The van der Waals surface area contributed by atoms with E-state index >= 15 is 0 Å². The lowest BCUT2D eigenvalue weighted by atomic mass is 10.2. The number of nitro benzene ring substituents is 1. The van der Waals surface area contributed by atoms with Crippen molar-refractivity contribution >= 4 is 11.4 Å². The van der Waals surface area contributed by atoms with Gasteiger partial charge in [-0.05, 0) is 6.07 Å². The molecule has 0 unspecified atom stereocenters. The summed E-state index contributed by atoms with van der Waals surface area (Å²) in [5.41, 5.74) is -2.08. The molecule has 0 aliphatic heterocycles. The number of nitrogens with zero attached hydrogens (tertiary/aromatic N) is 1. The first kappa shape index (κ1) is 13.1. The Bertz CT molecular complexity index is 446. The summed E-state index contributed by atoms with van der Waals surface area (Å²) < 4.78 is 61.4. The summed E-state index contributed by atoms with van der Waals surface area (Å²) >= 11 is 0. The van der Waals surface area contributed by atoms with Crippen LogP contribution in [0, 0.1) is 21.7 Å². The number of nitrogens with one attached hydrogen (secondary N) is 1. The fourth-order valence-electron chi connectivity index (χ4n) is 1.05. The van der Waals surface area contributed by atoms with Crippen LogP contribution in [0.5, 0.6) is 0 Å². The molecular formula is C8H5F5N2O2. The third-order valence-electron chi connectivity index (χ3n) is 1.74. The smallest absolute Gasteiger partial charge is 0.368 e. The van der Waals surface area contributed by atoms with Crippen LogP contribution in [0.1, 0.15) is 0 Å². The molecule has 0 saturated carbocycles. The molecule has 0 saturated heterocycles. The van der Waals surface area contributed by atoms with E-state index in [9.17, 15) is 32.1 Å². The highest BCUT2D eigenvalue weighted by molar-refractivity contribution is 5.62. The van der Waals surface area contributed by atoms with Crippen LogP contribution in [0.15, 0.2) is 12.1 Å². The highest BCUT2D eigenvalue weighted by atomic mass is 19.4. The number of anilines is 1. The van der Waals surface area contributed by atoms with Gasteiger partial charge in [0.15, 0.2) is 17.3 Å². The number of nitro groups is 1. The number of hydrogen-bond donors (Lipinski definition) is 1. The normalized spacial score (nSPS) is 11.4. The summed E-state index contributed by atoms with van der Waals surface area (Å²) in [4.78, 5) is 9.30. The maximum absolute atomic E-state index is 13.1. The Kier molecular flexibility index (Phi) is 3.49. The Morgan fingerprint density at radius 3 is 2.35 bits per heavy atom. The van der Waals surface area contributed by atoms with E-state index in [-0.39, 0.29) is 0 Å². The van der Waals surface area contributed by atoms with Crippen LogP contribution in [-0.4, -0.2) is 17.6 Å². The Morgan fingerprint density at radius 1 is 1.29 bits per heavy atom. The summed E-state index contributed by atoms with van der Waals surface area (Å²) in [5, 5.41) is 11.9. The maximum atomic E-state index is 13.1. The van der Waals surface area contributed by atoms with E-state index in [2.05, 4.69) is 0 Å². The Balaban J connectivity index is 3.11. The largest absolute Gasteiger partial charge is 0.405 e. The van der Waals surface area contributed by atoms with Gasteiger partial charge in [0, 0.05) is 6.07 Å². The monoisotopic (exact) mass is 256 g/mol. The van der Waals surface area contributed by atoms with E-state index in [1.165, 1.54) is 5.32 Å². The molecule has 4 nitrogen and oxygen atoms in total. The molecule has 94 valence electrons. The van der Waals surface area contributed by atoms with Crippen molar-refractivity contribution in [2.45, 2.75) is 6.18 Å². The summed E-state index contributed by atoms with van der Waals surface area (Å²) in [7, 11) is 0. The number of rotatable bonds is 3. The maximum Gasteiger partial charge on any atom is 0.405 e. The Morgan fingerprint density at radius 2 is 1.88 bits per heavy atom. The van der Waals surface area contributed by atoms with Gasteiger partial charge in [-0.2, -0.15) is 13.2 Å². The van der Waals surface area contributed by atoms with Gasteiger partial charge in [-0.1, -0.05) is 0 Å². The molecule has 1 aromatic rings. The zero-order chi connectivity index (χ0) is 13.2. The number of alkyl halides is 3. The van der Waals surface area contributed by atoms with Gasteiger partial charge in [0.1, 0.15) is 6.54 Å². The van der Waals surface area contributed by atoms with Crippen molar-refractivity contribution in [1.29, 1.82) is 0 Å². The molecule has 0 aliphatic carbocycles. The van der Waals surface area contributed by atoms with Gasteiger partial charge in [0.05, 0.1) is 4.92 Å². The third kappa shape index (κ3) is 3.26. The second kappa shape index (κ2) is 4.52. The van der Waals surface area contributed by atoms with Crippen molar-refractivity contribution in [2.24, 2.45) is 0 Å². The van der Waals surface area contributed by atoms with E-state index in [1.54, 1.807) is 0 Å². The van der Waals surface area contributed by atoms with Gasteiger partial charge in [0.2, 0.25) is 0 Å². The molecule has 9 heteroatoms. The van der Waals surface area contributed by atoms with Crippen molar-refractivity contribution in [3.63, 3.8) is 0 Å². The molecule has 0 spiro atoms. The molecular weight excluding hydrogens is 251 g/mol. The van der Waals surface area contributed by atoms with Crippen molar-refractivity contribution in [3.05, 3.63) is 33.9 Å². The highest BCUT2D eigenvalue weighted by Gasteiger charge is 2.30. The van der Waals surface area contributed by atoms with E-state index < -0.39 is 40.7 Å². The molecule has 1 N–H and O–H groups in total. The molecule has 1 aromatic carbocycles. The second-order valence-corrected chi connectivity index (χ2v) is 2.98. The average molecular weight is 256 g/mol. The molecule has 0 amide bonds. The van der Waals surface area contributed by atoms with Crippen LogP contribution in [0.25, 0.3) is 0 Å². The van der Waals surface area contributed by atoms with Crippen molar-refractivity contribution in [2.75, 3.05) is 11.9 Å².